The molecule has 2 aromatic carbocycles. The molecule has 0 spiro atoms. The van der Waals surface area contributed by atoms with E-state index in [-0.39, 0.29) is 17.7 Å². The first kappa shape index (κ1) is 14.0. The summed E-state index contributed by atoms with van der Waals surface area (Å²) in [5, 5.41) is 17.4. The second-order valence-corrected chi connectivity index (χ2v) is 4.13. The van der Waals surface area contributed by atoms with Gasteiger partial charge in [0.05, 0.1) is 19.1 Å². The van der Waals surface area contributed by atoms with Crippen molar-refractivity contribution in [2.24, 2.45) is 0 Å². The highest BCUT2D eigenvalue weighted by Gasteiger charge is 2.13. The Hall–Kier alpha value is -2.45. The molecule has 0 saturated heterocycles. The molecule has 0 fully saturated rings. The number of aliphatic hydroxyl groups is 1. The number of benzene rings is 2. The van der Waals surface area contributed by atoms with Crippen molar-refractivity contribution in [1.82, 2.24) is 0 Å². The Labute approximate surface area is 114 Å². The van der Waals surface area contributed by atoms with Gasteiger partial charge in [-0.15, -0.1) is 0 Å². The number of rotatable bonds is 4. The van der Waals surface area contributed by atoms with Crippen molar-refractivity contribution < 1.29 is 18.6 Å². The van der Waals surface area contributed by atoms with Gasteiger partial charge < -0.3 is 9.84 Å². The zero-order valence-corrected chi connectivity index (χ0v) is 10.4. The summed E-state index contributed by atoms with van der Waals surface area (Å²) >= 11 is 0. The summed E-state index contributed by atoms with van der Waals surface area (Å²) in [5.41, 5.74) is 0.924. The van der Waals surface area contributed by atoms with Crippen LogP contribution in [0.1, 0.15) is 11.1 Å². The predicted octanol–water partition coefficient (Wildman–Crippen LogP) is 3.32. The molecule has 0 saturated carbocycles. The lowest BCUT2D eigenvalue weighted by Gasteiger charge is -2.09. The Balaban J connectivity index is 2.24. The number of aliphatic hydroxyl groups excluding tert-OH is 1. The molecule has 0 aliphatic rings. The standard InChI is InChI=1S/C15H11F2NO2/c16-13-7-11(9-19)8-14(17)15(13)20-12-3-1-10(2-4-12)5-6-18/h1-4,7-8,19H,5,9H2. The molecule has 0 atom stereocenters. The van der Waals surface area contributed by atoms with Crippen LogP contribution in [0.3, 0.4) is 0 Å². The van der Waals surface area contributed by atoms with Crippen LogP contribution >= 0.6 is 0 Å². The molecule has 0 aliphatic carbocycles. The van der Waals surface area contributed by atoms with Crippen LogP contribution in [0.25, 0.3) is 0 Å². The molecule has 3 nitrogen and oxygen atoms in total. The lowest BCUT2D eigenvalue weighted by Crippen LogP contribution is -1.96. The van der Waals surface area contributed by atoms with Crippen LogP contribution in [0.5, 0.6) is 11.5 Å². The van der Waals surface area contributed by atoms with Gasteiger partial charge in [-0.3, -0.25) is 0 Å². The second kappa shape index (κ2) is 6.13. The summed E-state index contributed by atoms with van der Waals surface area (Å²) < 4.78 is 32.5. The van der Waals surface area contributed by atoms with Gasteiger partial charge in [-0.1, -0.05) is 12.1 Å². The third kappa shape index (κ3) is 3.11. The Morgan fingerprint density at radius 1 is 1.05 bits per heavy atom. The van der Waals surface area contributed by atoms with Crippen LogP contribution in [-0.2, 0) is 13.0 Å². The van der Waals surface area contributed by atoms with Gasteiger partial charge >= 0.3 is 0 Å². The van der Waals surface area contributed by atoms with Gasteiger partial charge in [0, 0.05) is 0 Å². The Bertz CT molecular complexity index is 625. The number of nitrogens with zero attached hydrogens (tertiary/aromatic N) is 1. The zero-order valence-electron chi connectivity index (χ0n) is 10.4. The van der Waals surface area contributed by atoms with E-state index < -0.39 is 24.0 Å². The summed E-state index contributed by atoms with van der Waals surface area (Å²) in [7, 11) is 0. The monoisotopic (exact) mass is 275 g/mol. The summed E-state index contributed by atoms with van der Waals surface area (Å²) in [6, 6.07) is 10.4. The number of halogens is 2. The SMILES string of the molecule is N#CCc1ccc(Oc2c(F)cc(CO)cc2F)cc1. The molecule has 0 radical (unpaired) electrons. The minimum Gasteiger partial charge on any atom is -0.451 e. The zero-order chi connectivity index (χ0) is 14.5. The molecule has 20 heavy (non-hydrogen) atoms. The van der Waals surface area contributed by atoms with E-state index in [1.165, 1.54) is 12.1 Å². The Kier molecular flexibility index (Phi) is 4.28. The predicted molar refractivity (Wildman–Crippen MR) is 68.1 cm³/mol. The first-order valence-electron chi connectivity index (χ1n) is 5.86. The maximum atomic E-state index is 13.7. The molecule has 0 aliphatic heterocycles. The van der Waals surface area contributed by atoms with Crippen LogP contribution in [0, 0.1) is 23.0 Å². The van der Waals surface area contributed by atoms with E-state index in [2.05, 4.69) is 0 Å². The quantitative estimate of drug-likeness (QED) is 0.931. The van der Waals surface area contributed by atoms with Gasteiger partial charge in [0.2, 0.25) is 0 Å². The van der Waals surface area contributed by atoms with Gasteiger partial charge in [-0.05, 0) is 35.4 Å². The topological polar surface area (TPSA) is 53.2 Å². The third-order valence-corrected chi connectivity index (χ3v) is 2.67. The van der Waals surface area contributed by atoms with E-state index in [0.717, 1.165) is 17.7 Å². The Morgan fingerprint density at radius 3 is 2.15 bits per heavy atom. The highest BCUT2D eigenvalue weighted by molar-refractivity contribution is 5.37. The fraction of sp³-hybridized carbons (Fsp3) is 0.133. The van der Waals surface area contributed by atoms with Crippen molar-refractivity contribution in [3.05, 3.63) is 59.2 Å². The third-order valence-electron chi connectivity index (χ3n) is 2.67. The molecule has 5 heteroatoms. The van der Waals surface area contributed by atoms with Crippen LogP contribution in [0.2, 0.25) is 0 Å². The molecule has 1 N–H and O–H groups in total. The molecule has 0 heterocycles. The van der Waals surface area contributed by atoms with Crippen LogP contribution in [0.4, 0.5) is 8.78 Å². The lowest BCUT2D eigenvalue weighted by molar-refractivity contribution is 0.279. The summed E-state index contributed by atoms with van der Waals surface area (Å²) in [6.07, 6.45) is 0.258. The van der Waals surface area contributed by atoms with E-state index in [4.69, 9.17) is 15.1 Å². The highest BCUT2D eigenvalue weighted by atomic mass is 19.1. The highest BCUT2D eigenvalue weighted by Crippen LogP contribution is 2.28. The molecule has 2 rings (SSSR count). The minimum absolute atomic E-state index is 0.136. The number of hydrogen-bond acceptors (Lipinski definition) is 3. The van der Waals surface area contributed by atoms with Gasteiger partial charge in [0.15, 0.2) is 17.4 Å². The first-order valence-corrected chi connectivity index (χ1v) is 5.86. The fourth-order valence-electron chi connectivity index (χ4n) is 1.69. The molecule has 0 unspecified atom stereocenters. The van der Waals surface area contributed by atoms with Crippen LogP contribution in [0.15, 0.2) is 36.4 Å². The molecule has 0 amide bonds. The molecule has 102 valence electrons. The number of ether oxygens (including phenoxy) is 1. The fourth-order valence-corrected chi connectivity index (χ4v) is 1.69. The summed E-state index contributed by atoms with van der Waals surface area (Å²) in [4.78, 5) is 0. The molecule has 0 aromatic heterocycles. The largest absolute Gasteiger partial charge is 0.451 e. The number of hydrogen-bond donors (Lipinski definition) is 1. The van der Waals surface area contributed by atoms with Crippen molar-refractivity contribution in [2.75, 3.05) is 0 Å². The first-order chi connectivity index (χ1) is 9.63. The molecule has 0 bridgehead atoms. The van der Waals surface area contributed by atoms with Gasteiger partial charge in [0.25, 0.3) is 0 Å². The van der Waals surface area contributed by atoms with Gasteiger partial charge in [0.1, 0.15) is 5.75 Å². The Morgan fingerprint density at radius 2 is 1.65 bits per heavy atom. The van der Waals surface area contributed by atoms with Crippen molar-refractivity contribution in [3.8, 4) is 17.6 Å². The lowest BCUT2D eigenvalue weighted by atomic mass is 10.1. The van der Waals surface area contributed by atoms with Crippen molar-refractivity contribution >= 4 is 0 Å². The average Bonchev–Trinajstić information content (AvgIpc) is 2.44. The maximum Gasteiger partial charge on any atom is 0.198 e. The maximum absolute atomic E-state index is 13.7. The van der Waals surface area contributed by atoms with E-state index >= 15 is 0 Å². The summed E-state index contributed by atoms with van der Waals surface area (Å²) in [5.74, 6) is -2.01. The second-order valence-electron chi connectivity index (χ2n) is 4.13. The van der Waals surface area contributed by atoms with E-state index in [1.54, 1.807) is 12.1 Å². The van der Waals surface area contributed by atoms with Gasteiger partial charge in [-0.25, -0.2) is 8.78 Å². The van der Waals surface area contributed by atoms with E-state index in [9.17, 15) is 8.78 Å². The number of nitriles is 1. The van der Waals surface area contributed by atoms with E-state index in [0.29, 0.717) is 0 Å². The van der Waals surface area contributed by atoms with Crippen LogP contribution < -0.4 is 4.74 Å². The average molecular weight is 275 g/mol. The van der Waals surface area contributed by atoms with Crippen molar-refractivity contribution in [3.63, 3.8) is 0 Å². The van der Waals surface area contributed by atoms with Gasteiger partial charge in [-0.2, -0.15) is 5.26 Å². The summed E-state index contributed by atoms with van der Waals surface area (Å²) in [6.45, 7) is -0.447. The molecular formula is C15H11F2NO2. The van der Waals surface area contributed by atoms with Crippen molar-refractivity contribution in [1.29, 1.82) is 5.26 Å². The normalized spacial score (nSPS) is 10.1. The minimum atomic E-state index is -0.879. The van der Waals surface area contributed by atoms with Crippen LogP contribution in [-0.4, -0.2) is 5.11 Å². The van der Waals surface area contributed by atoms with E-state index in [1.807, 2.05) is 6.07 Å². The smallest absolute Gasteiger partial charge is 0.198 e. The van der Waals surface area contributed by atoms with Crippen molar-refractivity contribution in [2.45, 2.75) is 13.0 Å². The molecular weight excluding hydrogens is 264 g/mol. The molecule has 2 aromatic rings.